The van der Waals surface area contributed by atoms with Crippen LogP contribution in [0.3, 0.4) is 0 Å². The number of rotatable bonds is 8. The van der Waals surface area contributed by atoms with Crippen LogP contribution >= 0.6 is 12.4 Å². The van der Waals surface area contributed by atoms with E-state index in [1.807, 2.05) is 30.3 Å². The van der Waals surface area contributed by atoms with E-state index in [0.717, 1.165) is 31.5 Å². The predicted octanol–water partition coefficient (Wildman–Crippen LogP) is 3.87. The molecule has 1 fully saturated rings. The summed E-state index contributed by atoms with van der Waals surface area (Å²) in [6, 6.07) is 15.6. The van der Waals surface area contributed by atoms with Crippen LogP contribution < -0.4 is 15.4 Å². The molecule has 1 aliphatic heterocycles. The Labute approximate surface area is 165 Å². The highest BCUT2D eigenvalue weighted by Gasteiger charge is 2.19. The van der Waals surface area contributed by atoms with Crippen LogP contribution in [0.5, 0.6) is 5.75 Å². The highest BCUT2D eigenvalue weighted by atomic mass is 35.5. The topological polar surface area (TPSA) is 50.4 Å². The summed E-state index contributed by atoms with van der Waals surface area (Å²) in [6.45, 7) is 2.21. The summed E-state index contributed by atoms with van der Waals surface area (Å²) in [7, 11) is 0. The number of benzene rings is 2. The van der Waals surface area contributed by atoms with Gasteiger partial charge in [-0.05, 0) is 49.5 Å². The van der Waals surface area contributed by atoms with Crippen LogP contribution in [0.2, 0.25) is 0 Å². The quantitative estimate of drug-likeness (QED) is 0.717. The largest absolute Gasteiger partial charge is 0.488 e. The van der Waals surface area contributed by atoms with E-state index in [1.165, 1.54) is 6.07 Å². The number of hydrogen-bond donors (Lipinski definition) is 2. The molecular weight excluding hydrogens is 367 g/mol. The third kappa shape index (κ3) is 6.52. The highest BCUT2D eigenvalue weighted by molar-refractivity contribution is 5.85. The molecule has 6 heteroatoms. The zero-order valence-corrected chi connectivity index (χ0v) is 16.0. The molecule has 1 heterocycles. The van der Waals surface area contributed by atoms with Crippen molar-refractivity contribution in [2.24, 2.45) is 5.92 Å². The molecule has 1 saturated heterocycles. The number of amides is 1. The van der Waals surface area contributed by atoms with Crippen molar-refractivity contribution < 1.29 is 13.9 Å². The molecule has 4 nitrogen and oxygen atoms in total. The van der Waals surface area contributed by atoms with Crippen molar-refractivity contribution in [2.45, 2.75) is 25.3 Å². The van der Waals surface area contributed by atoms with Gasteiger partial charge in [-0.3, -0.25) is 4.79 Å². The number of nitrogens with one attached hydrogen (secondary N) is 2. The van der Waals surface area contributed by atoms with E-state index in [1.54, 1.807) is 18.2 Å². The van der Waals surface area contributed by atoms with E-state index in [4.69, 9.17) is 4.74 Å². The van der Waals surface area contributed by atoms with E-state index in [9.17, 15) is 9.18 Å². The zero-order chi connectivity index (χ0) is 18.2. The Kier molecular flexibility index (Phi) is 8.55. The summed E-state index contributed by atoms with van der Waals surface area (Å²) in [4.78, 5) is 12.4. The van der Waals surface area contributed by atoms with Gasteiger partial charge in [-0.1, -0.05) is 42.5 Å². The maximum atomic E-state index is 13.8. The molecule has 0 bridgehead atoms. The van der Waals surface area contributed by atoms with Crippen molar-refractivity contribution >= 4 is 18.3 Å². The normalized spacial score (nSPS) is 17.0. The first-order chi connectivity index (χ1) is 12.7. The number of hydrogen-bond acceptors (Lipinski definition) is 3. The summed E-state index contributed by atoms with van der Waals surface area (Å²) in [5, 5.41) is 6.36. The molecule has 0 saturated carbocycles. The van der Waals surface area contributed by atoms with Gasteiger partial charge in [-0.2, -0.15) is 0 Å². The predicted molar refractivity (Wildman–Crippen MR) is 107 cm³/mol. The second-order valence-corrected chi connectivity index (χ2v) is 6.67. The van der Waals surface area contributed by atoms with E-state index in [2.05, 4.69) is 10.6 Å². The zero-order valence-electron chi connectivity index (χ0n) is 15.2. The summed E-state index contributed by atoms with van der Waals surface area (Å²) < 4.78 is 19.4. The van der Waals surface area contributed by atoms with Crippen molar-refractivity contribution in [2.75, 3.05) is 19.7 Å². The Morgan fingerprint density at radius 2 is 1.93 bits per heavy atom. The lowest BCUT2D eigenvalue weighted by Crippen LogP contribution is -2.32. The molecule has 2 atom stereocenters. The molecule has 2 aromatic rings. The van der Waals surface area contributed by atoms with Crippen molar-refractivity contribution in [3.8, 4) is 5.75 Å². The molecule has 27 heavy (non-hydrogen) atoms. The van der Waals surface area contributed by atoms with Crippen LogP contribution in [-0.4, -0.2) is 25.6 Å². The van der Waals surface area contributed by atoms with Crippen molar-refractivity contribution in [1.82, 2.24) is 10.6 Å². The third-order valence-electron chi connectivity index (χ3n) is 4.72. The number of para-hydroxylation sites is 1. The minimum Gasteiger partial charge on any atom is -0.488 e. The molecule has 2 N–H and O–H groups in total. The summed E-state index contributed by atoms with van der Waals surface area (Å²) in [5.41, 5.74) is 0.944. The minimum absolute atomic E-state index is 0. The average Bonchev–Trinajstić information content (AvgIpc) is 3.19. The Bertz CT molecular complexity index is 708. The van der Waals surface area contributed by atoms with E-state index < -0.39 is 5.82 Å². The first kappa shape index (κ1) is 21.2. The second-order valence-electron chi connectivity index (χ2n) is 6.67. The molecule has 2 unspecified atom stereocenters. The van der Waals surface area contributed by atoms with Gasteiger partial charge in [0.1, 0.15) is 6.61 Å². The maximum absolute atomic E-state index is 13.8. The molecule has 1 amide bonds. The van der Waals surface area contributed by atoms with Crippen LogP contribution in [0.1, 0.15) is 30.9 Å². The van der Waals surface area contributed by atoms with Crippen LogP contribution in [-0.2, 0) is 4.79 Å². The smallest absolute Gasteiger partial charge is 0.220 e. The standard InChI is InChI=1S/C21H25FN2O2.ClH/c22-18-8-4-5-9-20(18)26-15-19(17-6-2-1-3-7-17)24-21(25)11-10-16-12-13-23-14-16;/h1-9,16,19,23H,10-15H2,(H,24,25);1H. The fourth-order valence-electron chi connectivity index (χ4n) is 3.20. The molecule has 0 radical (unpaired) electrons. The monoisotopic (exact) mass is 392 g/mol. The summed E-state index contributed by atoms with van der Waals surface area (Å²) >= 11 is 0. The van der Waals surface area contributed by atoms with E-state index >= 15 is 0 Å². The summed E-state index contributed by atoms with van der Waals surface area (Å²) in [5.74, 6) is 0.368. The van der Waals surface area contributed by atoms with Gasteiger partial charge in [0, 0.05) is 6.42 Å². The third-order valence-corrected chi connectivity index (χ3v) is 4.72. The van der Waals surface area contributed by atoms with Gasteiger partial charge in [-0.25, -0.2) is 4.39 Å². The Balaban J connectivity index is 0.00000261. The molecular formula is C21H26ClFN2O2. The van der Waals surface area contributed by atoms with Crippen molar-refractivity contribution in [3.05, 3.63) is 66.0 Å². The lowest BCUT2D eigenvalue weighted by Gasteiger charge is -2.20. The van der Waals surface area contributed by atoms with Gasteiger partial charge in [0.15, 0.2) is 11.6 Å². The van der Waals surface area contributed by atoms with Crippen molar-refractivity contribution in [3.63, 3.8) is 0 Å². The van der Waals surface area contributed by atoms with Crippen molar-refractivity contribution in [1.29, 1.82) is 0 Å². The number of carbonyl (C=O) groups excluding carboxylic acids is 1. The first-order valence-electron chi connectivity index (χ1n) is 9.14. The van der Waals surface area contributed by atoms with Gasteiger partial charge >= 0.3 is 0 Å². The fourth-order valence-corrected chi connectivity index (χ4v) is 3.20. The SMILES string of the molecule is Cl.O=C(CCC1CCNC1)NC(COc1ccccc1F)c1ccccc1. The van der Waals surface area contributed by atoms with Crippen LogP contribution in [0.4, 0.5) is 4.39 Å². The van der Waals surface area contributed by atoms with Gasteiger partial charge in [0.05, 0.1) is 6.04 Å². The molecule has 3 rings (SSSR count). The van der Waals surface area contributed by atoms with Gasteiger partial charge in [0.2, 0.25) is 5.91 Å². The Morgan fingerprint density at radius 3 is 2.63 bits per heavy atom. The lowest BCUT2D eigenvalue weighted by atomic mass is 10.0. The summed E-state index contributed by atoms with van der Waals surface area (Å²) in [6.07, 6.45) is 2.51. The Hall–Kier alpha value is -2.11. The van der Waals surface area contributed by atoms with Crippen LogP contribution in [0, 0.1) is 11.7 Å². The lowest BCUT2D eigenvalue weighted by molar-refractivity contribution is -0.122. The number of halogens is 2. The van der Waals surface area contributed by atoms with Crippen LogP contribution in [0.25, 0.3) is 0 Å². The minimum atomic E-state index is -0.403. The molecule has 1 aliphatic rings. The molecule has 2 aromatic carbocycles. The van der Waals surface area contributed by atoms with E-state index in [-0.39, 0.29) is 36.7 Å². The van der Waals surface area contributed by atoms with Gasteiger partial charge in [0.25, 0.3) is 0 Å². The van der Waals surface area contributed by atoms with Gasteiger partial charge < -0.3 is 15.4 Å². The number of carbonyl (C=O) groups is 1. The fraction of sp³-hybridized carbons (Fsp3) is 0.381. The molecule has 0 aliphatic carbocycles. The Morgan fingerprint density at radius 1 is 1.19 bits per heavy atom. The highest BCUT2D eigenvalue weighted by Crippen LogP contribution is 2.20. The molecule has 146 valence electrons. The van der Waals surface area contributed by atoms with E-state index in [0.29, 0.717) is 12.3 Å². The average molecular weight is 393 g/mol. The van der Waals surface area contributed by atoms with Gasteiger partial charge in [-0.15, -0.1) is 12.4 Å². The second kappa shape index (κ2) is 10.9. The first-order valence-corrected chi connectivity index (χ1v) is 9.14. The van der Waals surface area contributed by atoms with Crippen LogP contribution in [0.15, 0.2) is 54.6 Å². The molecule has 0 aromatic heterocycles. The molecule has 0 spiro atoms. The number of ether oxygens (including phenoxy) is 1. The maximum Gasteiger partial charge on any atom is 0.220 e.